The maximum Gasteiger partial charge on any atom is 0.269 e. The Balaban J connectivity index is 1.72. The molecule has 3 amide bonds. The van der Waals surface area contributed by atoms with Gasteiger partial charge in [-0.1, -0.05) is 23.2 Å². The average Bonchev–Trinajstić information content (AvgIpc) is 2.73. The minimum absolute atomic E-state index is 0.0891. The first-order chi connectivity index (χ1) is 14.4. The molecule has 0 spiro atoms. The summed E-state index contributed by atoms with van der Waals surface area (Å²) in [6.45, 7) is 0.856. The zero-order valence-electron chi connectivity index (χ0n) is 16.2. The second-order valence-electron chi connectivity index (χ2n) is 6.04. The first-order valence-electron chi connectivity index (χ1n) is 8.95. The fourth-order valence-electron chi connectivity index (χ4n) is 2.24. The van der Waals surface area contributed by atoms with Crippen LogP contribution < -0.4 is 20.9 Å². The van der Waals surface area contributed by atoms with Crippen LogP contribution in [0.15, 0.2) is 42.5 Å². The number of hydrogen-bond donors (Lipinski definition) is 3. The van der Waals surface area contributed by atoms with Crippen LogP contribution >= 0.6 is 23.2 Å². The molecule has 0 saturated carbocycles. The molecule has 2 rings (SSSR count). The molecule has 10 heteroatoms. The molecule has 0 aromatic heterocycles. The summed E-state index contributed by atoms with van der Waals surface area (Å²) in [4.78, 5) is 35.9. The quantitative estimate of drug-likeness (QED) is 0.399. The maximum absolute atomic E-state index is 12.1. The summed E-state index contributed by atoms with van der Waals surface area (Å²) in [6.07, 6.45) is -0.211. The van der Waals surface area contributed by atoms with Gasteiger partial charge >= 0.3 is 0 Å². The molecule has 0 aliphatic rings. The largest absolute Gasteiger partial charge is 0.491 e. The number of benzene rings is 2. The van der Waals surface area contributed by atoms with Gasteiger partial charge in [-0.25, -0.2) is 0 Å². The van der Waals surface area contributed by atoms with Crippen molar-refractivity contribution in [2.24, 2.45) is 0 Å². The zero-order chi connectivity index (χ0) is 21.9. The van der Waals surface area contributed by atoms with Crippen LogP contribution in [0.4, 0.5) is 5.69 Å². The first kappa shape index (κ1) is 23.5. The Kier molecular flexibility index (Phi) is 9.40. The molecule has 160 valence electrons. The molecule has 0 atom stereocenters. The van der Waals surface area contributed by atoms with E-state index in [4.69, 9.17) is 32.7 Å². The van der Waals surface area contributed by atoms with Gasteiger partial charge in [0.1, 0.15) is 12.4 Å². The minimum atomic E-state index is -0.514. The molecule has 2 aromatic carbocycles. The molecule has 2 aromatic rings. The molecular formula is C20H21Cl2N3O5. The SMILES string of the molecule is COCCOc1ccc(C(=O)NNC(=O)CCC(=O)Nc2ccc(Cl)cc2Cl)cc1. The fourth-order valence-corrected chi connectivity index (χ4v) is 2.69. The molecule has 0 aliphatic heterocycles. The van der Waals surface area contributed by atoms with E-state index in [-0.39, 0.29) is 12.8 Å². The van der Waals surface area contributed by atoms with E-state index in [1.54, 1.807) is 43.5 Å². The molecular weight excluding hydrogens is 433 g/mol. The van der Waals surface area contributed by atoms with Crippen LogP contribution in [-0.4, -0.2) is 38.0 Å². The van der Waals surface area contributed by atoms with Gasteiger partial charge in [-0.3, -0.25) is 25.2 Å². The van der Waals surface area contributed by atoms with Crippen LogP contribution in [0.1, 0.15) is 23.2 Å². The summed E-state index contributed by atoms with van der Waals surface area (Å²) in [7, 11) is 1.58. The molecule has 8 nitrogen and oxygen atoms in total. The van der Waals surface area contributed by atoms with Gasteiger partial charge < -0.3 is 14.8 Å². The summed E-state index contributed by atoms with van der Waals surface area (Å²) in [5, 5.41) is 3.33. The number of amides is 3. The Hall–Kier alpha value is -2.81. The third-order valence-electron chi connectivity index (χ3n) is 3.77. The molecule has 30 heavy (non-hydrogen) atoms. The molecule has 0 radical (unpaired) electrons. The Morgan fingerprint density at radius 1 is 0.900 bits per heavy atom. The van der Waals surface area contributed by atoms with Gasteiger partial charge in [-0.2, -0.15) is 0 Å². The highest BCUT2D eigenvalue weighted by Gasteiger charge is 2.11. The normalized spacial score (nSPS) is 10.2. The van der Waals surface area contributed by atoms with Crippen LogP contribution in [0.25, 0.3) is 0 Å². The Morgan fingerprint density at radius 3 is 2.27 bits per heavy atom. The first-order valence-corrected chi connectivity index (χ1v) is 9.70. The summed E-state index contributed by atoms with van der Waals surface area (Å²) < 4.78 is 10.3. The summed E-state index contributed by atoms with van der Waals surface area (Å²) in [5.74, 6) is -0.811. The maximum atomic E-state index is 12.1. The van der Waals surface area contributed by atoms with Crippen molar-refractivity contribution >= 4 is 46.6 Å². The van der Waals surface area contributed by atoms with Crippen molar-refractivity contribution in [3.63, 3.8) is 0 Å². The van der Waals surface area contributed by atoms with E-state index in [1.165, 1.54) is 6.07 Å². The van der Waals surface area contributed by atoms with Crippen LogP contribution in [-0.2, 0) is 14.3 Å². The Morgan fingerprint density at radius 2 is 1.60 bits per heavy atom. The van der Waals surface area contributed by atoms with E-state index in [2.05, 4.69) is 16.2 Å². The smallest absolute Gasteiger partial charge is 0.269 e. The lowest BCUT2D eigenvalue weighted by Gasteiger charge is -2.09. The highest BCUT2D eigenvalue weighted by Crippen LogP contribution is 2.25. The summed E-state index contributed by atoms with van der Waals surface area (Å²) >= 11 is 11.8. The van der Waals surface area contributed by atoms with Crippen LogP contribution in [0, 0.1) is 0 Å². The predicted octanol–water partition coefficient (Wildman–Crippen LogP) is 3.20. The van der Waals surface area contributed by atoms with Crippen molar-refractivity contribution in [3.05, 3.63) is 58.1 Å². The number of rotatable bonds is 9. The second-order valence-corrected chi connectivity index (χ2v) is 6.88. The van der Waals surface area contributed by atoms with E-state index in [0.29, 0.717) is 40.3 Å². The van der Waals surface area contributed by atoms with Gasteiger partial charge in [-0.15, -0.1) is 0 Å². The molecule has 0 fully saturated rings. The van der Waals surface area contributed by atoms with E-state index in [9.17, 15) is 14.4 Å². The predicted molar refractivity (Wildman–Crippen MR) is 114 cm³/mol. The van der Waals surface area contributed by atoms with Gasteiger partial charge in [0.15, 0.2) is 0 Å². The second kappa shape index (κ2) is 12.0. The number of methoxy groups -OCH3 is 1. The minimum Gasteiger partial charge on any atom is -0.491 e. The van der Waals surface area contributed by atoms with Crippen molar-refractivity contribution in [1.29, 1.82) is 0 Å². The number of ether oxygens (including phenoxy) is 2. The van der Waals surface area contributed by atoms with Crippen molar-refractivity contribution in [2.75, 3.05) is 25.6 Å². The van der Waals surface area contributed by atoms with Crippen LogP contribution in [0.3, 0.4) is 0 Å². The molecule has 0 saturated heterocycles. The van der Waals surface area contributed by atoms with Crippen molar-refractivity contribution in [2.45, 2.75) is 12.8 Å². The van der Waals surface area contributed by atoms with E-state index >= 15 is 0 Å². The van der Waals surface area contributed by atoms with E-state index in [0.717, 1.165) is 0 Å². The van der Waals surface area contributed by atoms with Crippen molar-refractivity contribution in [3.8, 4) is 5.75 Å². The lowest BCUT2D eigenvalue weighted by molar-refractivity contribution is -0.124. The molecule has 0 unspecified atom stereocenters. The third-order valence-corrected chi connectivity index (χ3v) is 4.32. The topological polar surface area (TPSA) is 106 Å². The lowest BCUT2D eigenvalue weighted by atomic mass is 10.2. The Bertz CT molecular complexity index is 891. The summed E-state index contributed by atoms with van der Waals surface area (Å²) in [6, 6.07) is 11.1. The highest BCUT2D eigenvalue weighted by atomic mass is 35.5. The number of carbonyl (C=O) groups is 3. The van der Waals surface area contributed by atoms with Gasteiger partial charge in [0.2, 0.25) is 11.8 Å². The van der Waals surface area contributed by atoms with Crippen molar-refractivity contribution < 1.29 is 23.9 Å². The van der Waals surface area contributed by atoms with Gasteiger partial charge in [0, 0.05) is 30.5 Å². The molecule has 0 aliphatic carbocycles. The molecule has 0 heterocycles. The summed E-state index contributed by atoms with van der Waals surface area (Å²) in [5.41, 5.74) is 5.29. The van der Waals surface area contributed by atoms with Gasteiger partial charge in [0.05, 0.1) is 17.3 Å². The molecule has 3 N–H and O–H groups in total. The van der Waals surface area contributed by atoms with Crippen molar-refractivity contribution in [1.82, 2.24) is 10.9 Å². The number of nitrogens with one attached hydrogen (secondary N) is 3. The number of anilines is 1. The molecule has 0 bridgehead atoms. The zero-order valence-corrected chi connectivity index (χ0v) is 17.7. The Labute approximate surface area is 183 Å². The number of hydrogen-bond acceptors (Lipinski definition) is 5. The number of carbonyl (C=O) groups excluding carboxylic acids is 3. The van der Waals surface area contributed by atoms with Crippen LogP contribution in [0.5, 0.6) is 5.75 Å². The lowest BCUT2D eigenvalue weighted by Crippen LogP contribution is -2.41. The highest BCUT2D eigenvalue weighted by molar-refractivity contribution is 6.36. The van der Waals surface area contributed by atoms with Crippen LogP contribution in [0.2, 0.25) is 10.0 Å². The van der Waals surface area contributed by atoms with E-state index < -0.39 is 17.7 Å². The monoisotopic (exact) mass is 453 g/mol. The van der Waals surface area contributed by atoms with Gasteiger partial charge in [-0.05, 0) is 42.5 Å². The van der Waals surface area contributed by atoms with Gasteiger partial charge in [0.25, 0.3) is 5.91 Å². The number of hydrazine groups is 1. The third kappa shape index (κ3) is 7.90. The van der Waals surface area contributed by atoms with E-state index in [1.807, 2.05) is 0 Å². The fraction of sp³-hybridized carbons (Fsp3) is 0.250. The average molecular weight is 454 g/mol. The number of halogens is 2. The standard InChI is InChI=1S/C20H21Cl2N3O5/c1-29-10-11-30-15-5-2-13(3-6-15)20(28)25-24-19(27)9-8-18(26)23-17-7-4-14(21)12-16(17)22/h2-7,12H,8-11H2,1H3,(H,23,26)(H,24,27)(H,25,28).